The zero-order valence-corrected chi connectivity index (χ0v) is 24.9. The molecule has 17 heteroatoms. The summed E-state index contributed by atoms with van der Waals surface area (Å²) in [6, 6.07) is 3.96. The highest BCUT2D eigenvalue weighted by Crippen LogP contribution is 2.61. The number of benzene rings is 1. The standard InChI is InChI=1S/C30H38O17/c1-11-19(35)21(37)23(39)28(43-11)45-25-13-6-7-41-27(46-29-24(40)22(38)20(36)16(9-31)44-29)18(13)30(26(25)47-30)10-42-17(34)5-3-12-2-4-14(32)15(33)8-12/h2-8,11,13,16,18-29,31-33,35-40H,9-10H2,1H3. The van der Waals surface area contributed by atoms with Crippen LogP contribution in [-0.2, 0) is 38.0 Å². The molecule has 1 aromatic rings. The molecular formula is C30H38O17. The van der Waals surface area contributed by atoms with E-state index in [1.165, 1.54) is 37.5 Å². The minimum atomic E-state index is -1.75. The Kier molecular flexibility index (Phi) is 9.53. The second-order valence-corrected chi connectivity index (χ2v) is 12.2. The van der Waals surface area contributed by atoms with Crippen molar-refractivity contribution in [3.63, 3.8) is 0 Å². The van der Waals surface area contributed by atoms with E-state index >= 15 is 0 Å². The van der Waals surface area contributed by atoms with Crippen LogP contribution in [-0.4, -0.2) is 151 Å². The Morgan fingerprint density at radius 3 is 2.30 bits per heavy atom. The summed E-state index contributed by atoms with van der Waals surface area (Å²) in [5.74, 6) is -2.96. The van der Waals surface area contributed by atoms with E-state index in [0.717, 1.165) is 6.08 Å². The Morgan fingerprint density at radius 1 is 0.894 bits per heavy atom. The van der Waals surface area contributed by atoms with Crippen LogP contribution in [0.5, 0.6) is 11.5 Å². The smallest absolute Gasteiger partial charge is 0.330 e. The van der Waals surface area contributed by atoms with Gasteiger partial charge in [0, 0.05) is 12.0 Å². The molecule has 4 fully saturated rings. The highest BCUT2D eigenvalue weighted by molar-refractivity contribution is 5.87. The molecule has 4 aliphatic heterocycles. The number of ether oxygens (including phenoxy) is 7. The van der Waals surface area contributed by atoms with Gasteiger partial charge in [-0.15, -0.1) is 0 Å². The number of carbonyl (C=O) groups is 1. The molecule has 16 unspecified atom stereocenters. The number of aliphatic hydroxyl groups excluding tert-OH is 7. The van der Waals surface area contributed by atoms with Gasteiger partial charge in [0.1, 0.15) is 61.0 Å². The van der Waals surface area contributed by atoms with E-state index in [-0.39, 0.29) is 18.1 Å². The molecule has 0 amide bonds. The quantitative estimate of drug-likeness (QED) is 0.0546. The van der Waals surface area contributed by atoms with Crippen LogP contribution >= 0.6 is 0 Å². The van der Waals surface area contributed by atoms with Crippen molar-refractivity contribution in [3.05, 3.63) is 42.2 Å². The summed E-state index contributed by atoms with van der Waals surface area (Å²) in [6.45, 7) is 0.445. The first kappa shape index (κ1) is 34.0. The van der Waals surface area contributed by atoms with Crippen LogP contribution in [0.4, 0.5) is 0 Å². The molecule has 3 saturated heterocycles. The normalized spacial score (nSPS) is 45.7. The van der Waals surface area contributed by atoms with E-state index < -0.39 is 110 Å². The molecule has 1 saturated carbocycles. The Morgan fingerprint density at radius 2 is 1.60 bits per heavy atom. The van der Waals surface area contributed by atoms with E-state index in [9.17, 15) is 50.8 Å². The first-order chi connectivity index (χ1) is 22.4. The van der Waals surface area contributed by atoms with Crippen LogP contribution in [0.15, 0.2) is 36.6 Å². The zero-order chi connectivity index (χ0) is 33.8. The number of epoxide rings is 1. The molecule has 1 aromatic carbocycles. The molecule has 260 valence electrons. The fourth-order valence-electron chi connectivity index (χ4n) is 6.61. The highest BCUT2D eigenvalue weighted by atomic mass is 16.8. The summed E-state index contributed by atoms with van der Waals surface area (Å²) < 4.78 is 40.6. The molecule has 0 bridgehead atoms. The largest absolute Gasteiger partial charge is 0.504 e. The molecule has 9 N–H and O–H groups in total. The van der Waals surface area contributed by atoms with Gasteiger partial charge in [-0.2, -0.15) is 0 Å². The number of phenolic OH excluding ortho intramolecular Hbond substituents is 2. The molecule has 4 heterocycles. The second kappa shape index (κ2) is 13.2. The SMILES string of the molecule is CC1OC(OC2C3C=COC(OC4OC(CO)C(O)C(O)C4O)C3C3(COC(=O)C=Cc4ccc(O)c(O)c4)OC23)C(O)C(O)C1O. The Bertz CT molecular complexity index is 1350. The van der Waals surface area contributed by atoms with Crippen molar-refractivity contribution in [2.75, 3.05) is 13.2 Å². The summed E-state index contributed by atoms with van der Waals surface area (Å²) in [7, 11) is 0. The first-order valence-corrected chi connectivity index (χ1v) is 15.0. The lowest BCUT2D eigenvalue weighted by molar-refractivity contribution is -0.347. The maximum Gasteiger partial charge on any atom is 0.330 e. The third kappa shape index (κ3) is 6.23. The van der Waals surface area contributed by atoms with Crippen molar-refractivity contribution in [2.45, 2.75) is 92.4 Å². The van der Waals surface area contributed by atoms with E-state index in [2.05, 4.69) is 0 Å². The Balaban J connectivity index is 1.22. The van der Waals surface area contributed by atoms with Crippen LogP contribution in [0.1, 0.15) is 12.5 Å². The van der Waals surface area contributed by atoms with Crippen LogP contribution in [0.3, 0.4) is 0 Å². The number of carbonyl (C=O) groups excluding carboxylic acids is 1. The van der Waals surface area contributed by atoms with E-state index in [0.29, 0.717) is 5.56 Å². The maximum atomic E-state index is 12.8. The molecule has 0 spiro atoms. The summed E-state index contributed by atoms with van der Waals surface area (Å²) >= 11 is 0. The van der Waals surface area contributed by atoms with Crippen molar-refractivity contribution in [1.82, 2.24) is 0 Å². The average Bonchev–Trinajstić information content (AvgIpc) is 3.72. The molecule has 47 heavy (non-hydrogen) atoms. The predicted octanol–water partition coefficient (Wildman–Crippen LogP) is -3.06. The minimum Gasteiger partial charge on any atom is -0.504 e. The van der Waals surface area contributed by atoms with Gasteiger partial charge in [-0.3, -0.25) is 0 Å². The number of hydrogen-bond donors (Lipinski definition) is 9. The Labute approximate surface area is 267 Å². The van der Waals surface area contributed by atoms with Crippen LogP contribution in [0.2, 0.25) is 0 Å². The van der Waals surface area contributed by atoms with Gasteiger partial charge in [0.2, 0.25) is 6.29 Å². The van der Waals surface area contributed by atoms with Gasteiger partial charge in [0.05, 0.1) is 31.0 Å². The number of rotatable bonds is 9. The van der Waals surface area contributed by atoms with Gasteiger partial charge >= 0.3 is 5.97 Å². The number of fused-ring (bicyclic) bond motifs is 3. The number of aromatic hydroxyl groups is 2. The fourth-order valence-corrected chi connectivity index (χ4v) is 6.61. The molecule has 16 atom stereocenters. The second-order valence-electron chi connectivity index (χ2n) is 12.2. The van der Waals surface area contributed by atoms with Crippen molar-refractivity contribution in [1.29, 1.82) is 0 Å². The lowest BCUT2D eigenvalue weighted by Gasteiger charge is -2.44. The number of phenols is 2. The number of aliphatic hydroxyl groups is 7. The summed E-state index contributed by atoms with van der Waals surface area (Å²) in [5.41, 5.74) is -0.917. The number of esters is 1. The van der Waals surface area contributed by atoms with Crippen molar-refractivity contribution >= 4 is 12.0 Å². The van der Waals surface area contributed by atoms with Gasteiger partial charge in [0.25, 0.3) is 0 Å². The van der Waals surface area contributed by atoms with Gasteiger partial charge in [-0.25, -0.2) is 4.79 Å². The van der Waals surface area contributed by atoms with E-state index in [4.69, 9.17) is 33.2 Å². The lowest BCUT2D eigenvalue weighted by atomic mass is 9.85. The van der Waals surface area contributed by atoms with E-state index in [1.807, 2.05) is 0 Å². The molecule has 0 aromatic heterocycles. The summed E-state index contributed by atoms with van der Waals surface area (Å²) in [5, 5.41) is 90.9. The lowest BCUT2D eigenvalue weighted by Crippen LogP contribution is -2.60. The summed E-state index contributed by atoms with van der Waals surface area (Å²) in [6.07, 6.45) is -12.4. The van der Waals surface area contributed by atoms with Crippen LogP contribution < -0.4 is 0 Å². The third-order valence-corrected chi connectivity index (χ3v) is 9.30. The Hall–Kier alpha value is -2.91. The van der Waals surface area contributed by atoms with Gasteiger partial charge < -0.3 is 79.1 Å². The first-order valence-electron chi connectivity index (χ1n) is 15.0. The monoisotopic (exact) mass is 670 g/mol. The average molecular weight is 671 g/mol. The molecule has 0 radical (unpaired) electrons. The molecule has 17 nitrogen and oxygen atoms in total. The highest BCUT2D eigenvalue weighted by Gasteiger charge is 2.77. The zero-order valence-electron chi connectivity index (χ0n) is 24.9. The van der Waals surface area contributed by atoms with Gasteiger partial charge in [-0.1, -0.05) is 6.07 Å². The molecular weight excluding hydrogens is 632 g/mol. The van der Waals surface area contributed by atoms with Gasteiger partial charge in [-0.05, 0) is 36.8 Å². The van der Waals surface area contributed by atoms with Crippen LogP contribution in [0.25, 0.3) is 6.08 Å². The minimum absolute atomic E-state index is 0.330. The third-order valence-electron chi connectivity index (χ3n) is 9.30. The number of hydrogen-bond acceptors (Lipinski definition) is 17. The van der Waals surface area contributed by atoms with Crippen LogP contribution in [0, 0.1) is 11.8 Å². The summed E-state index contributed by atoms with van der Waals surface area (Å²) in [4.78, 5) is 12.8. The van der Waals surface area contributed by atoms with E-state index in [1.54, 1.807) is 6.08 Å². The topological polar surface area (TPSA) is 267 Å². The van der Waals surface area contributed by atoms with Crippen molar-refractivity contribution < 1.29 is 83.9 Å². The predicted molar refractivity (Wildman–Crippen MR) is 150 cm³/mol. The maximum absolute atomic E-state index is 12.8. The molecule has 1 aliphatic carbocycles. The molecule has 5 aliphatic rings. The molecule has 6 rings (SSSR count). The fraction of sp³-hybridized carbons (Fsp3) is 0.633. The van der Waals surface area contributed by atoms with Crippen molar-refractivity contribution in [3.8, 4) is 11.5 Å². The van der Waals surface area contributed by atoms with Gasteiger partial charge in [0.15, 0.2) is 24.1 Å². The van der Waals surface area contributed by atoms with Crippen molar-refractivity contribution in [2.24, 2.45) is 11.8 Å².